The fourth-order valence-corrected chi connectivity index (χ4v) is 1.38. The summed E-state index contributed by atoms with van der Waals surface area (Å²) in [5, 5.41) is 0. The molecule has 1 rings (SSSR count). The summed E-state index contributed by atoms with van der Waals surface area (Å²) in [6.07, 6.45) is 6.56. The monoisotopic (exact) mass is 189 g/mol. The van der Waals surface area contributed by atoms with Gasteiger partial charge in [0.25, 0.3) is 0 Å². The third kappa shape index (κ3) is 3.15. The maximum atomic E-state index is 10.3. The Bertz CT molecular complexity index is 272. The Kier molecular flexibility index (Phi) is 3.43. The van der Waals surface area contributed by atoms with Crippen molar-refractivity contribution in [3.8, 4) is 0 Å². The molecule has 0 fully saturated rings. The maximum absolute atomic E-state index is 10.3. The van der Waals surface area contributed by atoms with Gasteiger partial charge in [-0.25, -0.2) is 13.3 Å². The smallest absolute Gasteiger partial charge is 0.243 e. The lowest BCUT2D eigenvalue weighted by Gasteiger charge is -1.93. The van der Waals surface area contributed by atoms with Crippen LogP contribution in [0.3, 0.4) is 0 Å². The second-order valence-electron chi connectivity index (χ2n) is 2.70. The summed E-state index contributed by atoms with van der Waals surface area (Å²) in [6, 6.07) is 0. The van der Waals surface area contributed by atoms with Crippen molar-refractivity contribution < 1.29 is 13.3 Å². The highest BCUT2D eigenvalue weighted by molar-refractivity contribution is 7.79. The minimum atomic E-state index is -1.65. The van der Waals surface area contributed by atoms with E-state index in [-0.39, 0.29) is 0 Å². The number of hydrogen-bond donors (Lipinski definition) is 1. The molecule has 1 aromatic heterocycles. The molecule has 0 saturated carbocycles. The van der Waals surface area contributed by atoms with Crippen LogP contribution in [-0.2, 0) is 24.7 Å². The number of rotatable bonds is 4. The van der Waals surface area contributed by atoms with Gasteiger partial charge in [0.15, 0.2) is 11.1 Å². The van der Waals surface area contributed by atoms with Crippen LogP contribution in [0.1, 0.15) is 6.42 Å². The summed E-state index contributed by atoms with van der Waals surface area (Å²) in [5.41, 5.74) is 0. The fraction of sp³-hybridized carbons (Fsp3) is 0.571. The average molecular weight is 189 g/mol. The van der Waals surface area contributed by atoms with Crippen LogP contribution in [0.4, 0.5) is 0 Å². The van der Waals surface area contributed by atoms with Crippen LogP contribution >= 0.6 is 0 Å². The SMILES string of the molecule is C[n+]1ccn(CCCS(=O)O)c1. The first-order valence-electron chi connectivity index (χ1n) is 3.77. The molecule has 12 heavy (non-hydrogen) atoms. The molecule has 0 aliphatic rings. The lowest BCUT2D eigenvalue weighted by molar-refractivity contribution is -0.671. The zero-order valence-electron chi connectivity index (χ0n) is 7.01. The highest BCUT2D eigenvalue weighted by Gasteiger charge is 2.00. The van der Waals surface area contributed by atoms with Crippen LogP contribution in [0.5, 0.6) is 0 Å². The quantitative estimate of drug-likeness (QED) is 0.532. The second-order valence-corrected chi connectivity index (χ2v) is 3.75. The molecule has 4 nitrogen and oxygen atoms in total. The second kappa shape index (κ2) is 4.37. The molecule has 0 bridgehead atoms. The fourth-order valence-electron chi connectivity index (χ4n) is 1.00. The van der Waals surface area contributed by atoms with E-state index in [4.69, 9.17) is 4.55 Å². The van der Waals surface area contributed by atoms with Gasteiger partial charge in [0, 0.05) is 0 Å². The largest absolute Gasteiger partial charge is 0.306 e. The van der Waals surface area contributed by atoms with Gasteiger partial charge in [0.1, 0.15) is 12.4 Å². The summed E-state index contributed by atoms with van der Waals surface area (Å²) >= 11 is -1.65. The summed E-state index contributed by atoms with van der Waals surface area (Å²) in [4.78, 5) is 0. The predicted molar refractivity (Wildman–Crippen MR) is 45.9 cm³/mol. The van der Waals surface area contributed by atoms with Crippen molar-refractivity contribution >= 4 is 11.1 Å². The first-order chi connectivity index (χ1) is 5.68. The number of aromatic nitrogens is 2. The molecule has 1 aromatic rings. The Morgan fingerprint density at radius 3 is 2.92 bits per heavy atom. The van der Waals surface area contributed by atoms with Crippen molar-refractivity contribution in [1.82, 2.24) is 4.57 Å². The van der Waals surface area contributed by atoms with E-state index in [0.29, 0.717) is 5.75 Å². The van der Waals surface area contributed by atoms with Crippen LogP contribution in [0.15, 0.2) is 18.7 Å². The van der Waals surface area contributed by atoms with Gasteiger partial charge in [-0.1, -0.05) is 0 Å². The predicted octanol–water partition coefficient (Wildman–Crippen LogP) is -0.0756. The molecule has 1 heterocycles. The summed E-state index contributed by atoms with van der Waals surface area (Å²) < 4.78 is 22.7. The molecule has 0 aliphatic heterocycles. The standard InChI is InChI=1S/C7H12N2O2S/c1-8-4-5-9(7-8)3-2-6-12(10)11/h4-5,7H,2-3,6H2,1H3/p+1. The molecule has 0 radical (unpaired) electrons. The van der Waals surface area contributed by atoms with Crippen molar-refractivity contribution in [1.29, 1.82) is 0 Å². The van der Waals surface area contributed by atoms with Crippen molar-refractivity contribution in [3.63, 3.8) is 0 Å². The van der Waals surface area contributed by atoms with Gasteiger partial charge in [-0.2, -0.15) is 0 Å². The van der Waals surface area contributed by atoms with Gasteiger partial charge in [-0.15, -0.1) is 0 Å². The minimum absolute atomic E-state index is 0.349. The molecule has 0 aliphatic carbocycles. The summed E-state index contributed by atoms with van der Waals surface area (Å²) in [7, 11) is 1.95. The molecular formula is C7H13N2O2S+. The van der Waals surface area contributed by atoms with Crippen molar-refractivity contribution in [2.45, 2.75) is 13.0 Å². The Labute approximate surface area is 74.1 Å². The van der Waals surface area contributed by atoms with Gasteiger partial charge < -0.3 is 4.55 Å². The van der Waals surface area contributed by atoms with E-state index in [9.17, 15) is 4.21 Å². The molecule has 0 amide bonds. The van der Waals surface area contributed by atoms with Crippen molar-refractivity contribution in [3.05, 3.63) is 18.7 Å². The molecule has 68 valence electrons. The van der Waals surface area contributed by atoms with Crippen LogP contribution in [-0.4, -0.2) is 19.1 Å². The van der Waals surface area contributed by atoms with E-state index in [2.05, 4.69) is 0 Å². The lowest BCUT2D eigenvalue weighted by atomic mass is 10.5. The highest BCUT2D eigenvalue weighted by atomic mass is 32.2. The Hall–Kier alpha value is -0.680. The molecule has 1 atom stereocenters. The van der Waals surface area contributed by atoms with E-state index < -0.39 is 11.1 Å². The number of imidazole rings is 1. The molecule has 0 saturated heterocycles. The third-order valence-corrected chi connectivity index (χ3v) is 2.20. The van der Waals surface area contributed by atoms with Gasteiger partial charge in [-0.05, 0) is 6.42 Å². The van der Waals surface area contributed by atoms with Crippen LogP contribution in [0.25, 0.3) is 0 Å². The molecule has 5 heteroatoms. The number of aryl methyl sites for hydroxylation is 2. The molecular weight excluding hydrogens is 176 g/mol. The van der Waals surface area contributed by atoms with E-state index in [1.807, 2.05) is 34.9 Å². The van der Waals surface area contributed by atoms with Gasteiger partial charge in [0.2, 0.25) is 6.33 Å². The number of nitrogens with zero attached hydrogens (tertiary/aromatic N) is 2. The molecule has 0 aromatic carbocycles. The minimum Gasteiger partial charge on any atom is -0.306 e. The average Bonchev–Trinajstić information content (AvgIpc) is 2.35. The topological polar surface area (TPSA) is 46.1 Å². The maximum Gasteiger partial charge on any atom is 0.243 e. The van der Waals surface area contributed by atoms with E-state index in [0.717, 1.165) is 13.0 Å². The van der Waals surface area contributed by atoms with Crippen LogP contribution < -0.4 is 4.57 Å². The highest BCUT2D eigenvalue weighted by Crippen LogP contribution is 1.90. The molecule has 0 spiro atoms. The van der Waals surface area contributed by atoms with E-state index in [1.165, 1.54) is 0 Å². The van der Waals surface area contributed by atoms with Gasteiger partial charge >= 0.3 is 0 Å². The van der Waals surface area contributed by atoms with E-state index in [1.54, 1.807) is 0 Å². The van der Waals surface area contributed by atoms with Gasteiger partial charge in [-0.3, -0.25) is 0 Å². The molecule has 1 unspecified atom stereocenters. The Morgan fingerprint density at radius 2 is 2.42 bits per heavy atom. The Morgan fingerprint density at radius 1 is 1.67 bits per heavy atom. The van der Waals surface area contributed by atoms with Gasteiger partial charge in [0.05, 0.1) is 19.3 Å². The summed E-state index contributed by atoms with van der Waals surface area (Å²) in [6.45, 7) is 0.799. The first-order valence-corrected chi connectivity index (χ1v) is 5.04. The van der Waals surface area contributed by atoms with Crippen molar-refractivity contribution in [2.75, 3.05) is 5.75 Å². The zero-order valence-corrected chi connectivity index (χ0v) is 7.83. The zero-order chi connectivity index (χ0) is 8.97. The summed E-state index contributed by atoms with van der Waals surface area (Å²) in [5.74, 6) is 0.349. The first kappa shape index (κ1) is 9.41. The Balaban J connectivity index is 2.29. The molecule has 1 N–H and O–H groups in total. The van der Waals surface area contributed by atoms with Crippen molar-refractivity contribution in [2.24, 2.45) is 7.05 Å². The number of hydrogen-bond acceptors (Lipinski definition) is 1. The normalized spacial score (nSPS) is 13.2. The van der Waals surface area contributed by atoms with Crippen LogP contribution in [0, 0.1) is 0 Å². The van der Waals surface area contributed by atoms with E-state index >= 15 is 0 Å². The lowest BCUT2D eigenvalue weighted by Crippen LogP contribution is -2.23. The van der Waals surface area contributed by atoms with Crippen LogP contribution in [0.2, 0.25) is 0 Å². The third-order valence-electron chi connectivity index (χ3n) is 1.56.